The van der Waals surface area contributed by atoms with E-state index >= 15 is 0 Å². The van der Waals surface area contributed by atoms with Crippen molar-refractivity contribution < 1.29 is 0 Å². The first-order valence-electron chi connectivity index (χ1n) is 8.61. The van der Waals surface area contributed by atoms with Crippen LogP contribution in [0, 0.1) is 0 Å². The van der Waals surface area contributed by atoms with Crippen LogP contribution in [0.2, 0.25) is 0 Å². The van der Waals surface area contributed by atoms with E-state index < -0.39 is 0 Å². The molecule has 0 radical (unpaired) electrons. The molecule has 1 fully saturated rings. The maximum Gasteiger partial charge on any atom is 0.0750 e. The Bertz CT molecular complexity index is 238. The van der Waals surface area contributed by atoms with Crippen molar-refractivity contribution in [1.82, 2.24) is 15.3 Å². The van der Waals surface area contributed by atoms with Crippen LogP contribution in [0.3, 0.4) is 0 Å². The molecule has 1 aliphatic rings. The van der Waals surface area contributed by atoms with Gasteiger partial charge in [-0.3, -0.25) is 10.3 Å². The lowest BCUT2D eigenvalue weighted by Gasteiger charge is -2.31. The molecule has 0 saturated carbocycles. The summed E-state index contributed by atoms with van der Waals surface area (Å²) in [4.78, 5) is 2.38. The van der Waals surface area contributed by atoms with Crippen LogP contribution in [0.25, 0.3) is 0 Å². The highest BCUT2D eigenvalue weighted by Crippen LogP contribution is 2.20. The van der Waals surface area contributed by atoms with Gasteiger partial charge in [0, 0.05) is 7.05 Å². The predicted octanol–water partition coefficient (Wildman–Crippen LogP) is 3.84. The highest BCUT2D eigenvalue weighted by molar-refractivity contribution is 7.59. The summed E-state index contributed by atoms with van der Waals surface area (Å²) in [6, 6.07) is 0. The lowest BCUT2D eigenvalue weighted by Crippen LogP contribution is -2.38. The fraction of sp³-hybridized carbons (Fsp3) is 1.00. The standard InChI is InChI=1S/C16H35N3S/c1-4-6-7-8-9-10-11-12-13-14-15-18(3)17-16(20)19(15)5-2/h15-17,20H,4-14H2,1-3H3/p-1. The largest absolute Gasteiger partial charge is 0.757 e. The van der Waals surface area contributed by atoms with Crippen LogP contribution in [-0.4, -0.2) is 35.2 Å². The maximum absolute atomic E-state index is 5.42. The van der Waals surface area contributed by atoms with Gasteiger partial charge in [0.2, 0.25) is 0 Å². The minimum Gasteiger partial charge on any atom is -0.757 e. The van der Waals surface area contributed by atoms with E-state index in [4.69, 9.17) is 12.6 Å². The first kappa shape index (κ1) is 18.3. The van der Waals surface area contributed by atoms with E-state index in [0.29, 0.717) is 6.17 Å². The maximum atomic E-state index is 5.42. The van der Waals surface area contributed by atoms with Crippen molar-refractivity contribution in [2.75, 3.05) is 13.6 Å². The number of hydrazine groups is 1. The van der Waals surface area contributed by atoms with E-state index in [1.165, 1.54) is 64.2 Å². The van der Waals surface area contributed by atoms with Crippen molar-refractivity contribution in [2.24, 2.45) is 0 Å². The molecule has 1 N–H and O–H groups in total. The lowest BCUT2D eigenvalue weighted by molar-refractivity contribution is 0.134. The molecule has 120 valence electrons. The molecule has 2 atom stereocenters. The summed E-state index contributed by atoms with van der Waals surface area (Å²) in [7, 11) is 2.12. The summed E-state index contributed by atoms with van der Waals surface area (Å²) in [5.74, 6) is 0. The lowest BCUT2D eigenvalue weighted by atomic mass is 10.1. The molecule has 0 amide bonds. The van der Waals surface area contributed by atoms with Gasteiger partial charge in [0.25, 0.3) is 0 Å². The Hall–Kier alpha value is 0.230. The van der Waals surface area contributed by atoms with Crippen LogP contribution < -0.4 is 5.43 Å². The molecule has 0 bridgehead atoms. The number of rotatable bonds is 11. The Morgan fingerprint density at radius 1 is 0.900 bits per heavy atom. The molecule has 1 rings (SSSR count). The van der Waals surface area contributed by atoms with Gasteiger partial charge >= 0.3 is 0 Å². The molecule has 0 spiro atoms. The summed E-state index contributed by atoms with van der Waals surface area (Å²) in [5, 5.41) is 2.20. The van der Waals surface area contributed by atoms with Gasteiger partial charge in [0.05, 0.1) is 6.17 Å². The normalized spacial score (nSPS) is 24.6. The van der Waals surface area contributed by atoms with E-state index in [0.717, 1.165) is 6.54 Å². The molecule has 0 aromatic rings. The first-order valence-corrected chi connectivity index (χ1v) is 9.08. The van der Waals surface area contributed by atoms with Crippen LogP contribution in [-0.2, 0) is 12.6 Å². The molecule has 4 heteroatoms. The topological polar surface area (TPSA) is 18.5 Å². The minimum absolute atomic E-state index is 0.0774. The molecule has 1 saturated heterocycles. The van der Waals surface area contributed by atoms with Crippen molar-refractivity contribution >= 4 is 12.6 Å². The van der Waals surface area contributed by atoms with E-state index in [-0.39, 0.29) is 5.50 Å². The smallest absolute Gasteiger partial charge is 0.0750 e. The second-order valence-electron chi connectivity index (χ2n) is 6.02. The highest BCUT2D eigenvalue weighted by Gasteiger charge is 2.28. The minimum atomic E-state index is 0.0774. The third-order valence-corrected chi connectivity index (χ3v) is 4.75. The van der Waals surface area contributed by atoms with Gasteiger partial charge in [-0.1, -0.05) is 71.6 Å². The van der Waals surface area contributed by atoms with Gasteiger partial charge in [-0.25, -0.2) is 5.01 Å². The Kier molecular flexibility index (Phi) is 9.95. The fourth-order valence-corrected chi connectivity index (χ4v) is 3.54. The highest BCUT2D eigenvalue weighted by atomic mass is 32.1. The second-order valence-corrected chi connectivity index (χ2v) is 6.47. The average molecular weight is 301 g/mol. The van der Waals surface area contributed by atoms with Crippen LogP contribution in [0.1, 0.15) is 78.1 Å². The van der Waals surface area contributed by atoms with Gasteiger partial charge in [-0.2, -0.15) is 0 Å². The van der Waals surface area contributed by atoms with Gasteiger partial charge in [0.1, 0.15) is 0 Å². The zero-order valence-corrected chi connectivity index (χ0v) is 14.6. The molecule has 0 aliphatic carbocycles. The summed E-state index contributed by atoms with van der Waals surface area (Å²) in [6.07, 6.45) is 14.3. The Labute approximate surface area is 131 Å². The molecular weight excluding hydrogens is 266 g/mol. The predicted molar refractivity (Wildman–Crippen MR) is 90.1 cm³/mol. The SMILES string of the molecule is CCCCCCCCCCCC1N(C)NC([S-])N1CC. The number of nitrogens with one attached hydrogen (secondary N) is 1. The number of hydrogen-bond acceptors (Lipinski definition) is 4. The number of nitrogens with zero attached hydrogens (tertiary/aromatic N) is 2. The quantitative estimate of drug-likeness (QED) is 0.461. The molecule has 0 aromatic heterocycles. The van der Waals surface area contributed by atoms with Crippen molar-refractivity contribution in [3.05, 3.63) is 0 Å². The third kappa shape index (κ3) is 6.33. The molecule has 20 heavy (non-hydrogen) atoms. The average Bonchev–Trinajstić information content (AvgIpc) is 2.70. The first-order chi connectivity index (χ1) is 9.70. The van der Waals surface area contributed by atoms with Crippen LogP contribution in [0.15, 0.2) is 0 Å². The number of hydrogen-bond donors (Lipinski definition) is 1. The monoisotopic (exact) mass is 300 g/mol. The molecule has 0 aromatic carbocycles. The van der Waals surface area contributed by atoms with Gasteiger partial charge in [-0.15, -0.1) is 0 Å². The van der Waals surface area contributed by atoms with E-state index in [1.807, 2.05) is 0 Å². The van der Waals surface area contributed by atoms with E-state index in [2.05, 4.69) is 36.2 Å². The third-order valence-electron chi connectivity index (χ3n) is 4.38. The molecule has 3 nitrogen and oxygen atoms in total. The van der Waals surface area contributed by atoms with Gasteiger partial charge in [-0.05, 0) is 18.5 Å². The van der Waals surface area contributed by atoms with Crippen LogP contribution in [0.5, 0.6) is 0 Å². The van der Waals surface area contributed by atoms with Crippen molar-refractivity contribution in [3.8, 4) is 0 Å². The van der Waals surface area contributed by atoms with Crippen LogP contribution >= 0.6 is 0 Å². The zero-order chi connectivity index (χ0) is 14.8. The second kappa shape index (κ2) is 10.9. The summed E-state index contributed by atoms with van der Waals surface area (Å²) in [6.45, 7) is 5.51. The number of unbranched alkanes of at least 4 members (excludes halogenated alkanes) is 8. The van der Waals surface area contributed by atoms with Crippen LogP contribution in [0.4, 0.5) is 0 Å². The molecular formula is C16H34N3S-. The van der Waals surface area contributed by atoms with Crippen molar-refractivity contribution in [1.29, 1.82) is 0 Å². The van der Waals surface area contributed by atoms with E-state index in [9.17, 15) is 0 Å². The molecule has 2 unspecified atom stereocenters. The zero-order valence-electron chi connectivity index (χ0n) is 13.7. The Balaban J connectivity index is 2.00. The molecule has 1 aliphatic heterocycles. The summed E-state index contributed by atoms with van der Waals surface area (Å²) >= 11 is 5.42. The fourth-order valence-electron chi connectivity index (χ4n) is 3.09. The molecule has 1 heterocycles. The van der Waals surface area contributed by atoms with Gasteiger partial charge < -0.3 is 12.6 Å². The summed E-state index contributed by atoms with van der Waals surface area (Å²) < 4.78 is 0. The van der Waals surface area contributed by atoms with Crippen molar-refractivity contribution in [3.63, 3.8) is 0 Å². The Morgan fingerprint density at radius 2 is 1.45 bits per heavy atom. The van der Waals surface area contributed by atoms with Crippen molar-refractivity contribution in [2.45, 2.75) is 89.7 Å². The van der Waals surface area contributed by atoms with Gasteiger partial charge in [0.15, 0.2) is 0 Å². The Morgan fingerprint density at radius 3 is 2.00 bits per heavy atom. The summed E-state index contributed by atoms with van der Waals surface area (Å²) in [5.41, 5.74) is 3.40. The van der Waals surface area contributed by atoms with E-state index in [1.54, 1.807) is 0 Å².